The summed E-state index contributed by atoms with van der Waals surface area (Å²) in [4.78, 5) is 29.9. The fourth-order valence-corrected chi connectivity index (χ4v) is 4.32. The van der Waals surface area contributed by atoms with Crippen LogP contribution in [0.25, 0.3) is 0 Å². The van der Waals surface area contributed by atoms with Crippen molar-refractivity contribution in [3.63, 3.8) is 0 Å². The third-order valence-corrected chi connectivity index (χ3v) is 6.22. The van der Waals surface area contributed by atoms with Crippen molar-refractivity contribution in [1.29, 1.82) is 0 Å². The minimum Gasteiger partial charge on any atom is -0.294 e. The van der Waals surface area contributed by atoms with Crippen LogP contribution in [0.15, 0.2) is 17.1 Å². The highest BCUT2D eigenvalue weighted by atomic mass is 32.2. The number of carbonyl (C=O) groups excluding carboxylic acids is 2. The Kier molecular flexibility index (Phi) is 13.7. The van der Waals surface area contributed by atoms with E-state index in [9.17, 15) is 18.0 Å². The molecule has 0 spiro atoms. The first kappa shape index (κ1) is 33.4. The number of nitrogens with zero attached hydrogens (tertiary/aromatic N) is 1. The SMILES string of the molecule is CCCC(=O)c1cc2c(c(C(=O)CCC)c1)C(C)(CCCS(=O)(=O)O)C(C)=N2.O=S(=O)=O.O=S(=O)=O. The summed E-state index contributed by atoms with van der Waals surface area (Å²) in [7, 11) is -10.3. The molecule has 1 aliphatic rings. The number of ketones is 2. The van der Waals surface area contributed by atoms with E-state index in [1.807, 2.05) is 27.7 Å². The molecule has 1 aromatic carbocycles. The van der Waals surface area contributed by atoms with E-state index < -0.39 is 36.8 Å². The maximum atomic E-state index is 12.9. The van der Waals surface area contributed by atoms with Crippen LogP contribution in [-0.4, -0.2) is 61.3 Å². The molecule has 1 unspecified atom stereocenters. The van der Waals surface area contributed by atoms with Crippen molar-refractivity contribution < 1.29 is 47.8 Å². The van der Waals surface area contributed by atoms with Gasteiger partial charge in [0.05, 0.1) is 11.4 Å². The van der Waals surface area contributed by atoms with E-state index in [0.29, 0.717) is 42.5 Å². The molecule has 1 atom stereocenters. The number of hydrogen-bond donors (Lipinski definition) is 1. The number of hydrogen-bond acceptors (Lipinski definition) is 11. The van der Waals surface area contributed by atoms with Gasteiger partial charge in [0, 0.05) is 40.7 Å². The van der Waals surface area contributed by atoms with E-state index in [2.05, 4.69) is 4.99 Å². The lowest BCUT2D eigenvalue weighted by Crippen LogP contribution is -2.30. The predicted molar refractivity (Wildman–Crippen MR) is 130 cm³/mol. The number of aliphatic imine (C=N–C) groups is 1. The largest absolute Gasteiger partial charge is 0.425 e. The molecule has 1 aliphatic heterocycles. The number of Topliss-reactive ketones (excluding diaryl/α,β-unsaturated/α-hetero) is 2. The topological polar surface area (TPSA) is 203 Å². The second-order valence-electron chi connectivity index (χ2n) is 8.09. The van der Waals surface area contributed by atoms with Gasteiger partial charge >= 0.3 is 21.2 Å². The van der Waals surface area contributed by atoms with Crippen LogP contribution < -0.4 is 0 Å². The van der Waals surface area contributed by atoms with Gasteiger partial charge in [0.25, 0.3) is 10.1 Å². The molecule has 36 heavy (non-hydrogen) atoms. The first-order valence-electron chi connectivity index (χ1n) is 10.8. The number of fused-ring (bicyclic) bond motifs is 1. The standard InChI is InChI=1S/C21H29NO5S.2O3S/c1-5-8-18(23)15-12-16(19(24)9-6-2)20-17(13-15)22-14(3)21(20,4)10-7-11-28(25,26)27;2*1-4(2)3/h12-13H,5-11H2,1-4H3,(H,25,26,27);;. The van der Waals surface area contributed by atoms with E-state index in [-0.39, 0.29) is 23.7 Å². The van der Waals surface area contributed by atoms with Crippen LogP contribution in [0.5, 0.6) is 0 Å². The van der Waals surface area contributed by atoms with Gasteiger partial charge in [-0.3, -0.25) is 19.1 Å². The second-order valence-corrected chi connectivity index (χ2v) is 10.5. The van der Waals surface area contributed by atoms with Gasteiger partial charge in [-0.2, -0.15) is 8.42 Å². The van der Waals surface area contributed by atoms with Crippen molar-refractivity contribution in [2.75, 3.05) is 5.75 Å². The summed E-state index contributed by atoms with van der Waals surface area (Å²) in [6, 6.07) is 3.43. The Labute approximate surface area is 213 Å². The molecule has 15 heteroatoms. The molecule has 0 fully saturated rings. The van der Waals surface area contributed by atoms with Gasteiger partial charge < -0.3 is 0 Å². The molecule has 2 rings (SSSR count). The van der Waals surface area contributed by atoms with E-state index in [1.54, 1.807) is 12.1 Å². The fraction of sp³-hybridized carbons (Fsp3) is 0.571. The zero-order chi connectivity index (χ0) is 28.3. The van der Waals surface area contributed by atoms with Gasteiger partial charge in [0.2, 0.25) is 0 Å². The average molecular weight is 568 g/mol. The van der Waals surface area contributed by atoms with Gasteiger partial charge in [-0.25, -0.2) is 0 Å². The molecule has 1 N–H and O–H groups in total. The Balaban J connectivity index is 0.00000133. The van der Waals surface area contributed by atoms with Crippen LogP contribution in [-0.2, 0) is 36.8 Å². The van der Waals surface area contributed by atoms with Crippen molar-refractivity contribution in [2.45, 2.75) is 71.6 Å². The molecule has 0 aromatic heterocycles. The molecule has 0 radical (unpaired) electrons. The third kappa shape index (κ3) is 11.0. The van der Waals surface area contributed by atoms with E-state index in [4.69, 9.17) is 29.8 Å². The smallest absolute Gasteiger partial charge is 0.294 e. The normalized spacial score (nSPS) is 15.9. The maximum Gasteiger partial charge on any atom is 0.425 e. The molecular weight excluding hydrogens is 538 g/mol. The Hall–Kier alpha value is -2.62. The zero-order valence-corrected chi connectivity index (χ0v) is 22.8. The third-order valence-electron chi connectivity index (χ3n) is 5.41. The summed E-state index contributed by atoms with van der Waals surface area (Å²) in [5.74, 6) is -0.379. The van der Waals surface area contributed by atoms with Gasteiger partial charge in [-0.1, -0.05) is 20.8 Å². The van der Waals surface area contributed by atoms with Crippen LogP contribution in [0.3, 0.4) is 0 Å². The summed E-state index contributed by atoms with van der Waals surface area (Å²) in [5.41, 5.74) is 2.57. The molecule has 0 amide bonds. The molecule has 0 saturated heterocycles. The maximum absolute atomic E-state index is 12.9. The van der Waals surface area contributed by atoms with Gasteiger partial charge in [-0.05, 0) is 44.7 Å². The van der Waals surface area contributed by atoms with Gasteiger partial charge in [-0.15, -0.1) is 25.3 Å². The van der Waals surface area contributed by atoms with E-state index >= 15 is 0 Å². The van der Waals surface area contributed by atoms with Crippen molar-refractivity contribution in [1.82, 2.24) is 0 Å². The van der Waals surface area contributed by atoms with Crippen LogP contribution >= 0.6 is 0 Å². The highest BCUT2D eigenvalue weighted by Crippen LogP contribution is 2.46. The Morgan fingerprint density at radius 3 is 1.86 bits per heavy atom. The molecular formula is C21H29NO11S3. The van der Waals surface area contributed by atoms with Crippen molar-refractivity contribution in [3.8, 4) is 0 Å². The number of carbonyl (C=O) groups is 2. The van der Waals surface area contributed by atoms with Gasteiger partial charge in [0.15, 0.2) is 11.6 Å². The quantitative estimate of drug-likeness (QED) is 0.321. The van der Waals surface area contributed by atoms with E-state index in [0.717, 1.165) is 17.7 Å². The highest BCUT2D eigenvalue weighted by molar-refractivity contribution is 7.85. The highest BCUT2D eigenvalue weighted by Gasteiger charge is 2.40. The summed E-state index contributed by atoms with van der Waals surface area (Å²) < 4.78 is 81.9. The first-order chi connectivity index (χ1) is 16.5. The number of rotatable bonds is 10. The Morgan fingerprint density at radius 2 is 1.42 bits per heavy atom. The lowest BCUT2D eigenvalue weighted by Gasteiger charge is -2.28. The zero-order valence-electron chi connectivity index (χ0n) is 20.3. The van der Waals surface area contributed by atoms with Crippen molar-refractivity contribution in [3.05, 3.63) is 28.8 Å². The lowest BCUT2D eigenvalue weighted by atomic mass is 9.73. The van der Waals surface area contributed by atoms with Crippen molar-refractivity contribution in [2.24, 2.45) is 4.99 Å². The summed E-state index contributed by atoms with van der Waals surface area (Å²) in [6.07, 6.45) is 2.89. The van der Waals surface area contributed by atoms with Gasteiger partial charge in [0.1, 0.15) is 0 Å². The molecule has 202 valence electrons. The Morgan fingerprint density at radius 1 is 0.944 bits per heavy atom. The lowest BCUT2D eigenvalue weighted by molar-refractivity contribution is 0.0979. The van der Waals surface area contributed by atoms with Crippen LogP contribution in [0.1, 0.15) is 92.5 Å². The minimum atomic E-state index is -4.05. The molecule has 0 bridgehead atoms. The summed E-state index contributed by atoms with van der Waals surface area (Å²) in [5, 5.41) is 0. The molecule has 0 saturated carbocycles. The van der Waals surface area contributed by atoms with Crippen LogP contribution in [0.2, 0.25) is 0 Å². The van der Waals surface area contributed by atoms with Crippen molar-refractivity contribution >= 4 is 54.3 Å². The summed E-state index contributed by atoms with van der Waals surface area (Å²) >= 11 is 0. The predicted octanol–water partition coefficient (Wildman–Crippen LogP) is 2.68. The fourth-order valence-electron chi connectivity index (χ4n) is 3.81. The second kappa shape index (κ2) is 14.8. The Bertz CT molecular complexity index is 1290. The number of benzene rings is 1. The molecule has 1 heterocycles. The first-order valence-corrected chi connectivity index (χ1v) is 14.4. The van der Waals surface area contributed by atoms with Crippen LogP contribution in [0.4, 0.5) is 5.69 Å². The average Bonchev–Trinajstić information content (AvgIpc) is 2.96. The summed E-state index contributed by atoms with van der Waals surface area (Å²) in [6.45, 7) is 7.66. The minimum absolute atomic E-state index is 0.0105. The molecule has 1 aromatic rings. The van der Waals surface area contributed by atoms with E-state index in [1.165, 1.54) is 0 Å². The molecule has 12 nitrogen and oxygen atoms in total. The van der Waals surface area contributed by atoms with Crippen LogP contribution in [0, 0.1) is 0 Å². The monoisotopic (exact) mass is 567 g/mol. The molecule has 0 aliphatic carbocycles.